The van der Waals surface area contributed by atoms with Gasteiger partial charge in [-0.15, -0.1) is 12.4 Å². The van der Waals surface area contributed by atoms with Crippen LogP contribution in [0.4, 0.5) is 0 Å². The molecule has 0 amide bonds. The highest BCUT2D eigenvalue weighted by molar-refractivity contribution is 5.85. The molecule has 0 heterocycles. The quantitative estimate of drug-likeness (QED) is 0.855. The van der Waals surface area contributed by atoms with Crippen LogP contribution in [0.25, 0.3) is 0 Å². The van der Waals surface area contributed by atoms with Crippen LogP contribution in [0, 0.1) is 5.92 Å². The second-order valence-electron chi connectivity index (χ2n) is 4.00. The lowest BCUT2D eigenvalue weighted by atomic mass is 9.94. The van der Waals surface area contributed by atoms with Gasteiger partial charge < -0.3 is 15.6 Å². The number of rotatable bonds is 4. The Hall–Kier alpha value is -0.770. The molecule has 3 N–H and O–H groups in total. The lowest BCUT2D eigenvalue weighted by Gasteiger charge is -2.23. The summed E-state index contributed by atoms with van der Waals surface area (Å²) in [6.45, 7) is 3.89. The molecule has 2 atom stereocenters. The van der Waals surface area contributed by atoms with Gasteiger partial charge in [-0.2, -0.15) is 0 Å². The molecule has 0 spiro atoms. The van der Waals surface area contributed by atoms with Crippen LogP contribution in [-0.4, -0.2) is 18.3 Å². The molecule has 1 rings (SSSR count). The van der Waals surface area contributed by atoms with E-state index >= 15 is 0 Å². The van der Waals surface area contributed by atoms with E-state index in [2.05, 4.69) is 0 Å². The third-order valence-electron chi connectivity index (χ3n) is 2.55. The van der Waals surface area contributed by atoms with E-state index in [1.165, 1.54) is 0 Å². The lowest BCUT2D eigenvalue weighted by Crippen LogP contribution is -2.30. The predicted octanol–water partition coefficient (Wildman–Crippen LogP) is 2.13. The molecule has 0 fully saturated rings. The van der Waals surface area contributed by atoms with Gasteiger partial charge in [-0.1, -0.05) is 32.0 Å². The first kappa shape index (κ1) is 15.2. The summed E-state index contributed by atoms with van der Waals surface area (Å²) in [6, 6.07) is 7.11. The number of halogens is 1. The van der Waals surface area contributed by atoms with Gasteiger partial charge in [0.2, 0.25) is 0 Å². The molecule has 0 unspecified atom stereocenters. The summed E-state index contributed by atoms with van der Waals surface area (Å²) in [5.41, 5.74) is 6.83. The van der Waals surface area contributed by atoms with Crippen LogP contribution in [0.5, 0.6) is 5.75 Å². The maximum atomic E-state index is 9.89. The first-order valence-electron chi connectivity index (χ1n) is 5.14. The van der Waals surface area contributed by atoms with E-state index < -0.39 is 12.1 Å². The van der Waals surface area contributed by atoms with Gasteiger partial charge in [0, 0.05) is 5.56 Å². The van der Waals surface area contributed by atoms with Crippen LogP contribution in [0.2, 0.25) is 0 Å². The van der Waals surface area contributed by atoms with Gasteiger partial charge in [-0.3, -0.25) is 0 Å². The highest BCUT2D eigenvalue weighted by Crippen LogP contribution is 2.27. The molecule has 0 aliphatic carbocycles. The first-order valence-corrected chi connectivity index (χ1v) is 5.14. The maximum absolute atomic E-state index is 9.89. The van der Waals surface area contributed by atoms with Crippen LogP contribution < -0.4 is 10.5 Å². The predicted molar refractivity (Wildman–Crippen MR) is 68.0 cm³/mol. The molecule has 0 aliphatic heterocycles. The Labute approximate surface area is 103 Å². The van der Waals surface area contributed by atoms with Crippen molar-refractivity contribution in [1.29, 1.82) is 0 Å². The maximum Gasteiger partial charge on any atom is 0.123 e. The summed E-state index contributed by atoms with van der Waals surface area (Å²) >= 11 is 0. The third kappa shape index (κ3) is 3.37. The fourth-order valence-electron chi connectivity index (χ4n) is 1.54. The summed E-state index contributed by atoms with van der Waals surface area (Å²) < 4.78 is 5.21. The molecule has 4 heteroatoms. The van der Waals surface area contributed by atoms with Gasteiger partial charge in [0.25, 0.3) is 0 Å². The van der Waals surface area contributed by atoms with Crippen molar-refractivity contribution in [2.45, 2.75) is 26.0 Å². The van der Waals surface area contributed by atoms with Gasteiger partial charge in [0.15, 0.2) is 0 Å². The molecule has 0 bridgehead atoms. The molecule has 3 nitrogen and oxygen atoms in total. The minimum atomic E-state index is -0.554. The average molecular weight is 246 g/mol. The van der Waals surface area contributed by atoms with E-state index in [0.29, 0.717) is 0 Å². The van der Waals surface area contributed by atoms with Crippen LogP contribution in [0.15, 0.2) is 24.3 Å². The summed E-state index contributed by atoms with van der Waals surface area (Å²) in [5, 5.41) is 9.89. The molecule has 16 heavy (non-hydrogen) atoms. The van der Waals surface area contributed by atoms with E-state index in [4.69, 9.17) is 10.5 Å². The third-order valence-corrected chi connectivity index (χ3v) is 2.55. The van der Waals surface area contributed by atoms with Gasteiger partial charge in [0.1, 0.15) is 5.75 Å². The van der Waals surface area contributed by atoms with Crippen molar-refractivity contribution in [2.24, 2.45) is 11.7 Å². The Bertz CT molecular complexity index is 318. The van der Waals surface area contributed by atoms with Crippen LogP contribution in [-0.2, 0) is 0 Å². The van der Waals surface area contributed by atoms with Crippen molar-refractivity contribution in [1.82, 2.24) is 0 Å². The number of hydrogen-bond acceptors (Lipinski definition) is 3. The second kappa shape index (κ2) is 6.74. The van der Waals surface area contributed by atoms with E-state index in [1.807, 2.05) is 38.1 Å². The number of nitrogens with two attached hydrogens (primary N) is 1. The van der Waals surface area contributed by atoms with Crippen molar-refractivity contribution in [3.8, 4) is 5.75 Å². The van der Waals surface area contributed by atoms with E-state index in [1.54, 1.807) is 7.11 Å². The summed E-state index contributed by atoms with van der Waals surface area (Å²) in [4.78, 5) is 0. The molecule has 0 saturated heterocycles. The Kier molecular flexibility index (Phi) is 6.41. The Balaban J connectivity index is 0.00000225. The number of benzene rings is 1. The molecule has 0 saturated carbocycles. The highest BCUT2D eigenvalue weighted by atomic mass is 35.5. The number of aliphatic hydroxyl groups excluding tert-OH is 1. The Morgan fingerprint density at radius 3 is 2.31 bits per heavy atom. The normalized spacial score (nSPS) is 14.1. The zero-order valence-corrected chi connectivity index (χ0v) is 10.7. The molecule has 1 aromatic rings. The first-order chi connectivity index (χ1) is 7.07. The van der Waals surface area contributed by atoms with Crippen LogP contribution in [0.3, 0.4) is 0 Å². The SMILES string of the molecule is COc1ccccc1[C@@H](N)[C@@H](O)C(C)C.Cl. The second-order valence-corrected chi connectivity index (χ2v) is 4.00. The summed E-state index contributed by atoms with van der Waals surface area (Å²) in [5.74, 6) is 0.856. The molecule has 0 radical (unpaired) electrons. The van der Waals surface area contributed by atoms with Crippen molar-refractivity contribution >= 4 is 12.4 Å². The van der Waals surface area contributed by atoms with Crippen molar-refractivity contribution in [3.63, 3.8) is 0 Å². The number of aliphatic hydroxyl groups is 1. The van der Waals surface area contributed by atoms with Crippen molar-refractivity contribution in [2.75, 3.05) is 7.11 Å². The van der Waals surface area contributed by atoms with E-state index in [-0.39, 0.29) is 18.3 Å². The molecule has 1 aromatic carbocycles. The lowest BCUT2D eigenvalue weighted by molar-refractivity contribution is 0.0969. The minimum absolute atomic E-state index is 0. The fraction of sp³-hybridized carbons (Fsp3) is 0.500. The number of methoxy groups -OCH3 is 1. The standard InChI is InChI=1S/C12H19NO2.ClH/c1-8(2)12(14)11(13)9-6-4-5-7-10(9)15-3;/h4-8,11-12,14H,13H2,1-3H3;1H/t11-,12+;/m1./s1. The average Bonchev–Trinajstić information content (AvgIpc) is 2.26. The van der Waals surface area contributed by atoms with E-state index in [0.717, 1.165) is 11.3 Å². The van der Waals surface area contributed by atoms with Gasteiger partial charge >= 0.3 is 0 Å². The van der Waals surface area contributed by atoms with Gasteiger partial charge in [0.05, 0.1) is 19.3 Å². The van der Waals surface area contributed by atoms with E-state index in [9.17, 15) is 5.11 Å². The molecule has 0 aromatic heterocycles. The highest BCUT2D eigenvalue weighted by Gasteiger charge is 2.22. The molecular weight excluding hydrogens is 226 g/mol. The Morgan fingerprint density at radius 2 is 1.81 bits per heavy atom. The summed E-state index contributed by atoms with van der Waals surface area (Å²) in [6.07, 6.45) is -0.554. The Morgan fingerprint density at radius 1 is 1.25 bits per heavy atom. The number of hydrogen-bond donors (Lipinski definition) is 2. The zero-order chi connectivity index (χ0) is 11.4. The minimum Gasteiger partial charge on any atom is -0.496 e. The number of para-hydroxylation sites is 1. The molecular formula is C12H20ClNO2. The fourth-order valence-corrected chi connectivity index (χ4v) is 1.54. The smallest absolute Gasteiger partial charge is 0.123 e. The van der Waals surface area contributed by atoms with Crippen LogP contribution >= 0.6 is 12.4 Å². The van der Waals surface area contributed by atoms with Crippen molar-refractivity contribution < 1.29 is 9.84 Å². The number of ether oxygens (including phenoxy) is 1. The van der Waals surface area contributed by atoms with Gasteiger partial charge in [-0.05, 0) is 12.0 Å². The molecule has 92 valence electrons. The zero-order valence-electron chi connectivity index (χ0n) is 9.88. The van der Waals surface area contributed by atoms with Gasteiger partial charge in [-0.25, -0.2) is 0 Å². The van der Waals surface area contributed by atoms with Crippen molar-refractivity contribution in [3.05, 3.63) is 29.8 Å². The topological polar surface area (TPSA) is 55.5 Å². The summed E-state index contributed by atoms with van der Waals surface area (Å²) in [7, 11) is 1.60. The largest absolute Gasteiger partial charge is 0.496 e. The van der Waals surface area contributed by atoms with Crippen LogP contribution in [0.1, 0.15) is 25.5 Å². The molecule has 0 aliphatic rings. The monoisotopic (exact) mass is 245 g/mol.